The van der Waals surface area contributed by atoms with Gasteiger partial charge < -0.3 is 9.13 Å². The molecule has 48 heavy (non-hydrogen) atoms. The largest absolute Gasteiger partial charge is 0.417 e. The maximum atomic E-state index is 14.7. The number of nitriles is 2. The van der Waals surface area contributed by atoms with E-state index in [1.165, 1.54) is 12.1 Å². The van der Waals surface area contributed by atoms with E-state index < -0.39 is 11.7 Å². The summed E-state index contributed by atoms with van der Waals surface area (Å²) in [5.74, 6) is 0. The molecule has 0 aliphatic carbocycles. The number of hydrogen-bond donors (Lipinski definition) is 0. The molecule has 8 aromatic rings. The zero-order valence-electron chi connectivity index (χ0n) is 25.9. The molecular formula is C41H25F3N4. The Labute approximate surface area is 273 Å². The van der Waals surface area contributed by atoms with Gasteiger partial charge in [-0.15, -0.1) is 0 Å². The van der Waals surface area contributed by atoms with Crippen molar-refractivity contribution >= 4 is 43.6 Å². The molecule has 0 atom stereocenters. The van der Waals surface area contributed by atoms with Gasteiger partial charge in [0.15, 0.2) is 0 Å². The summed E-state index contributed by atoms with van der Waals surface area (Å²) < 4.78 is 48.1. The first-order valence-electron chi connectivity index (χ1n) is 15.4. The SMILES string of the molecule is Cc1ccc2c3ccccc3n(-c3cc(-c4ccc(C#N)cc4C(F)(F)F)cc(-n4c5ccccc5c5ccc(C)cc54)c3C#N)c2c1. The second-order valence-electron chi connectivity index (χ2n) is 12.1. The van der Waals surface area contributed by atoms with Crippen LogP contribution in [0.3, 0.4) is 0 Å². The number of rotatable bonds is 3. The van der Waals surface area contributed by atoms with Crippen molar-refractivity contribution in [1.82, 2.24) is 9.13 Å². The van der Waals surface area contributed by atoms with Crippen molar-refractivity contribution in [2.24, 2.45) is 0 Å². The molecule has 0 spiro atoms. The quantitative estimate of drug-likeness (QED) is 0.195. The van der Waals surface area contributed by atoms with Gasteiger partial charge in [0.1, 0.15) is 11.6 Å². The second-order valence-corrected chi connectivity index (χ2v) is 12.1. The Balaban J connectivity index is 1.59. The molecule has 2 aromatic heterocycles. The first kappa shape index (κ1) is 29.1. The fraction of sp³-hybridized carbons (Fsp3) is 0.0732. The van der Waals surface area contributed by atoms with Gasteiger partial charge in [-0.3, -0.25) is 0 Å². The summed E-state index contributed by atoms with van der Waals surface area (Å²) in [4.78, 5) is 0. The Hall–Kier alpha value is -6.31. The van der Waals surface area contributed by atoms with Crippen molar-refractivity contribution in [3.05, 3.63) is 143 Å². The van der Waals surface area contributed by atoms with E-state index in [2.05, 4.69) is 6.07 Å². The van der Waals surface area contributed by atoms with Crippen molar-refractivity contribution in [2.45, 2.75) is 20.0 Å². The van der Waals surface area contributed by atoms with Crippen LogP contribution in [0.25, 0.3) is 66.1 Å². The molecule has 6 aromatic carbocycles. The summed E-state index contributed by atoms with van der Waals surface area (Å²) in [6.07, 6.45) is -4.73. The molecule has 0 unspecified atom stereocenters. The Morgan fingerprint density at radius 1 is 0.542 bits per heavy atom. The van der Waals surface area contributed by atoms with E-state index in [9.17, 15) is 23.7 Å². The summed E-state index contributed by atoms with van der Waals surface area (Å²) in [7, 11) is 0. The van der Waals surface area contributed by atoms with E-state index >= 15 is 0 Å². The van der Waals surface area contributed by atoms with E-state index in [1.807, 2.05) is 114 Å². The Bertz CT molecular complexity index is 2570. The van der Waals surface area contributed by atoms with Crippen LogP contribution in [-0.4, -0.2) is 9.13 Å². The van der Waals surface area contributed by atoms with Gasteiger partial charge in [0.05, 0.1) is 50.6 Å². The van der Waals surface area contributed by atoms with Crippen molar-refractivity contribution < 1.29 is 13.2 Å². The zero-order chi connectivity index (χ0) is 33.3. The average molecular weight is 631 g/mol. The molecule has 0 saturated carbocycles. The molecule has 2 heterocycles. The summed E-state index contributed by atoms with van der Waals surface area (Å²) in [6.45, 7) is 3.97. The third kappa shape index (κ3) is 4.36. The van der Waals surface area contributed by atoms with Crippen LogP contribution < -0.4 is 0 Å². The molecule has 0 fully saturated rings. The van der Waals surface area contributed by atoms with Gasteiger partial charge in [0.2, 0.25) is 0 Å². The molecule has 0 aliphatic heterocycles. The van der Waals surface area contributed by atoms with Gasteiger partial charge in [-0.2, -0.15) is 23.7 Å². The van der Waals surface area contributed by atoms with Crippen molar-refractivity contribution in [3.8, 4) is 34.6 Å². The average Bonchev–Trinajstić information content (AvgIpc) is 3.58. The fourth-order valence-corrected chi connectivity index (χ4v) is 7.01. The highest BCUT2D eigenvalue weighted by Gasteiger charge is 2.35. The molecule has 230 valence electrons. The van der Waals surface area contributed by atoms with Gasteiger partial charge in [0.25, 0.3) is 0 Å². The molecule has 0 N–H and O–H groups in total. The number of hydrogen-bond acceptors (Lipinski definition) is 2. The summed E-state index contributed by atoms with van der Waals surface area (Å²) in [6, 6.07) is 39.2. The number of aromatic nitrogens is 2. The van der Waals surface area contributed by atoms with Crippen molar-refractivity contribution in [1.29, 1.82) is 10.5 Å². The minimum absolute atomic E-state index is 0.0811. The lowest BCUT2D eigenvalue weighted by Gasteiger charge is -2.20. The van der Waals surface area contributed by atoms with Crippen LogP contribution in [-0.2, 0) is 6.18 Å². The number of nitrogens with zero attached hydrogens (tertiary/aromatic N) is 4. The number of para-hydroxylation sites is 2. The van der Waals surface area contributed by atoms with Crippen LogP contribution in [0.2, 0.25) is 0 Å². The van der Waals surface area contributed by atoms with Crippen LogP contribution in [0, 0.1) is 36.5 Å². The molecule has 7 heteroatoms. The van der Waals surface area contributed by atoms with Crippen LogP contribution in [0.15, 0.2) is 115 Å². The smallest absolute Gasteiger partial charge is 0.308 e. The highest BCUT2D eigenvalue weighted by molar-refractivity contribution is 6.11. The van der Waals surface area contributed by atoms with Gasteiger partial charge in [0, 0.05) is 21.5 Å². The van der Waals surface area contributed by atoms with Gasteiger partial charge in [-0.25, -0.2) is 0 Å². The number of alkyl halides is 3. The van der Waals surface area contributed by atoms with Crippen LogP contribution in [0.5, 0.6) is 0 Å². The lowest BCUT2D eigenvalue weighted by molar-refractivity contribution is -0.137. The monoisotopic (exact) mass is 630 g/mol. The first-order chi connectivity index (χ1) is 23.2. The topological polar surface area (TPSA) is 57.4 Å². The van der Waals surface area contributed by atoms with Crippen molar-refractivity contribution in [3.63, 3.8) is 0 Å². The second kappa shape index (κ2) is 10.6. The third-order valence-corrected chi connectivity index (χ3v) is 9.11. The maximum Gasteiger partial charge on any atom is 0.417 e. The standard InChI is InChI=1S/C41H25F3N4/c1-24-11-14-31-29-7-3-5-9-35(29)47(37(31)17-24)39-20-27(28-16-13-26(22-45)19-34(28)41(42,43)44)21-40(33(39)23-46)48-36-10-6-4-8-30(36)32-15-12-25(2)18-38(32)48/h3-21H,1-2H3. The van der Waals surface area contributed by atoms with Crippen molar-refractivity contribution in [2.75, 3.05) is 0 Å². The summed E-state index contributed by atoms with van der Waals surface area (Å²) in [5.41, 5.74) is 5.75. The summed E-state index contributed by atoms with van der Waals surface area (Å²) in [5, 5.41) is 24.4. The zero-order valence-corrected chi connectivity index (χ0v) is 25.9. The van der Waals surface area contributed by atoms with E-state index in [4.69, 9.17) is 0 Å². The van der Waals surface area contributed by atoms with Crippen LogP contribution >= 0.6 is 0 Å². The molecule has 8 rings (SSSR count). The Morgan fingerprint density at radius 2 is 1.04 bits per heavy atom. The summed E-state index contributed by atoms with van der Waals surface area (Å²) >= 11 is 0. The van der Waals surface area contributed by atoms with E-state index in [-0.39, 0.29) is 16.7 Å². The molecule has 0 saturated heterocycles. The molecule has 0 aliphatic rings. The first-order valence-corrected chi connectivity index (χ1v) is 15.4. The third-order valence-electron chi connectivity index (χ3n) is 9.11. The van der Waals surface area contributed by atoms with E-state index in [0.717, 1.165) is 60.8 Å². The lowest BCUT2D eigenvalue weighted by atomic mass is 9.94. The maximum absolute atomic E-state index is 14.7. The lowest BCUT2D eigenvalue weighted by Crippen LogP contribution is -2.09. The number of halogens is 3. The molecular weight excluding hydrogens is 605 g/mol. The minimum atomic E-state index is -4.73. The molecule has 0 bridgehead atoms. The highest BCUT2D eigenvalue weighted by atomic mass is 19.4. The van der Waals surface area contributed by atoms with Gasteiger partial charge >= 0.3 is 6.18 Å². The predicted molar refractivity (Wildman–Crippen MR) is 184 cm³/mol. The van der Waals surface area contributed by atoms with Crippen LogP contribution in [0.4, 0.5) is 13.2 Å². The number of benzene rings is 6. The number of aryl methyl sites for hydroxylation is 2. The van der Waals surface area contributed by atoms with Gasteiger partial charge in [-0.1, -0.05) is 66.7 Å². The van der Waals surface area contributed by atoms with E-state index in [1.54, 1.807) is 12.1 Å². The normalized spacial score (nSPS) is 11.8. The van der Waals surface area contributed by atoms with Crippen LogP contribution in [0.1, 0.15) is 27.8 Å². The highest BCUT2D eigenvalue weighted by Crippen LogP contribution is 2.43. The number of fused-ring (bicyclic) bond motifs is 6. The predicted octanol–water partition coefficient (Wildman–Crippen LogP) is 10.9. The van der Waals surface area contributed by atoms with Gasteiger partial charge in [-0.05, 0) is 84.6 Å². The minimum Gasteiger partial charge on any atom is -0.308 e. The fourth-order valence-electron chi connectivity index (χ4n) is 7.01. The Kier molecular flexibility index (Phi) is 6.44. The molecule has 4 nitrogen and oxygen atoms in total. The Morgan fingerprint density at radius 3 is 1.52 bits per heavy atom. The molecule has 0 radical (unpaired) electrons. The molecule has 0 amide bonds. The van der Waals surface area contributed by atoms with E-state index in [0.29, 0.717) is 16.9 Å².